The number of fused-ring (bicyclic) bond motifs is 3. The Hall–Kier alpha value is -1.31. The number of hydrogen-bond acceptors (Lipinski definition) is 4. The number of sulfonamides is 1. The van der Waals surface area contributed by atoms with Gasteiger partial charge in [-0.1, -0.05) is 18.0 Å². The van der Waals surface area contributed by atoms with Crippen molar-refractivity contribution in [2.75, 3.05) is 11.9 Å². The summed E-state index contributed by atoms with van der Waals surface area (Å²) in [5.41, 5.74) is 0.390. The van der Waals surface area contributed by atoms with Crippen LogP contribution in [0.4, 0.5) is 5.69 Å². The summed E-state index contributed by atoms with van der Waals surface area (Å²) in [7, 11) is -3.77. The van der Waals surface area contributed by atoms with Crippen LogP contribution in [0.1, 0.15) is 32.6 Å². The van der Waals surface area contributed by atoms with E-state index in [9.17, 15) is 13.2 Å². The number of ether oxygens (including phenoxy) is 1. The van der Waals surface area contributed by atoms with Crippen LogP contribution in [0.15, 0.2) is 17.0 Å². The molecule has 2 aliphatic carbocycles. The van der Waals surface area contributed by atoms with Crippen molar-refractivity contribution >= 4 is 33.2 Å². The molecule has 0 spiro atoms. The number of benzene rings is 1. The minimum Gasteiger partial charge on any atom is -0.482 e. The zero-order valence-electron chi connectivity index (χ0n) is 13.9. The molecular formula is C17H21ClN2O4S. The molecule has 1 heterocycles. The molecule has 2 bridgehead atoms. The van der Waals surface area contributed by atoms with Crippen molar-refractivity contribution < 1.29 is 17.9 Å². The number of amides is 1. The van der Waals surface area contributed by atoms with E-state index in [2.05, 4.69) is 10.0 Å². The third kappa shape index (κ3) is 3.13. The predicted octanol–water partition coefficient (Wildman–Crippen LogP) is 2.77. The molecule has 6 nitrogen and oxygen atoms in total. The Bertz CT molecular complexity index is 826. The van der Waals surface area contributed by atoms with Crippen molar-refractivity contribution in [3.8, 4) is 5.75 Å². The Morgan fingerprint density at radius 2 is 2.12 bits per heavy atom. The average Bonchev–Trinajstić information content (AvgIpc) is 3.16. The zero-order valence-corrected chi connectivity index (χ0v) is 15.5. The molecule has 1 aromatic carbocycles. The smallest absolute Gasteiger partial charge is 0.262 e. The highest BCUT2D eigenvalue weighted by Crippen LogP contribution is 2.49. The summed E-state index contributed by atoms with van der Waals surface area (Å²) in [4.78, 5) is 11.3. The topological polar surface area (TPSA) is 84.5 Å². The van der Waals surface area contributed by atoms with Gasteiger partial charge in [-0.15, -0.1) is 0 Å². The largest absolute Gasteiger partial charge is 0.482 e. The molecule has 1 amide bonds. The van der Waals surface area contributed by atoms with Crippen molar-refractivity contribution in [3.63, 3.8) is 0 Å². The molecule has 136 valence electrons. The highest BCUT2D eigenvalue weighted by Gasteiger charge is 2.42. The van der Waals surface area contributed by atoms with Crippen LogP contribution in [0, 0.1) is 17.8 Å². The van der Waals surface area contributed by atoms with Gasteiger partial charge in [-0.2, -0.15) is 0 Å². The minimum absolute atomic E-state index is 0.0147. The SMILES string of the molecule is CC(NS(=O)(=O)c1cc2c(cc1Cl)NC(=O)CO2)C1CC2CCC1C2. The fourth-order valence-corrected chi connectivity index (χ4v) is 6.43. The highest BCUT2D eigenvalue weighted by atomic mass is 35.5. The van der Waals surface area contributed by atoms with Gasteiger partial charge in [-0.3, -0.25) is 4.79 Å². The van der Waals surface area contributed by atoms with Gasteiger partial charge in [0, 0.05) is 12.1 Å². The molecule has 25 heavy (non-hydrogen) atoms. The Morgan fingerprint density at radius 3 is 2.80 bits per heavy atom. The summed E-state index contributed by atoms with van der Waals surface area (Å²) in [5.74, 6) is 1.80. The normalized spacial score (nSPS) is 29.0. The predicted molar refractivity (Wildman–Crippen MR) is 94.3 cm³/mol. The lowest BCUT2D eigenvalue weighted by Gasteiger charge is -2.28. The molecule has 4 rings (SSSR count). The highest BCUT2D eigenvalue weighted by molar-refractivity contribution is 7.89. The van der Waals surface area contributed by atoms with Crippen LogP contribution in [-0.4, -0.2) is 27.0 Å². The molecule has 1 aliphatic heterocycles. The second-order valence-electron chi connectivity index (χ2n) is 7.36. The first kappa shape index (κ1) is 17.1. The third-order valence-electron chi connectivity index (χ3n) is 5.73. The van der Waals surface area contributed by atoms with E-state index in [-0.39, 0.29) is 28.5 Å². The molecule has 1 aromatic rings. The van der Waals surface area contributed by atoms with Gasteiger partial charge >= 0.3 is 0 Å². The van der Waals surface area contributed by atoms with Gasteiger partial charge in [0.1, 0.15) is 10.6 Å². The molecule has 3 aliphatic rings. The van der Waals surface area contributed by atoms with Gasteiger partial charge in [-0.05, 0) is 50.0 Å². The first-order valence-electron chi connectivity index (χ1n) is 8.62. The fraction of sp³-hybridized carbons (Fsp3) is 0.588. The Kier molecular flexibility index (Phi) is 4.21. The van der Waals surface area contributed by atoms with Crippen LogP contribution in [0.5, 0.6) is 5.75 Å². The fourth-order valence-electron chi connectivity index (χ4n) is 4.59. The summed E-state index contributed by atoms with van der Waals surface area (Å²) in [6.45, 7) is 1.80. The van der Waals surface area contributed by atoms with Crippen molar-refractivity contribution in [3.05, 3.63) is 17.2 Å². The van der Waals surface area contributed by atoms with Gasteiger partial charge in [0.2, 0.25) is 10.0 Å². The molecular weight excluding hydrogens is 364 g/mol. The summed E-state index contributed by atoms with van der Waals surface area (Å²) >= 11 is 6.17. The van der Waals surface area contributed by atoms with E-state index in [0.29, 0.717) is 23.3 Å². The van der Waals surface area contributed by atoms with Gasteiger partial charge in [0.25, 0.3) is 5.91 Å². The zero-order chi connectivity index (χ0) is 17.8. The van der Waals surface area contributed by atoms with Crippen LogP contribution in [0.2, 0.25) is 5.02 Å². The second kappa shape index (κ2) is 6.14. The Morgan fingerprint density at radius 1 is 1.32 bits per heavy atom. The average molecular weight is 385 g/mol. The van der Waals surface area contributed by atoms with Crippen molar-refractivity contribution in [2.45, 2.75) is 43.5 Å². The molecule has 2 fully saturated rings. The molecule has 4 unspecified atom stereocenters. The van der Waals surface area contributed by atoms with E-state index in [1.54, 1.807) is 0 Å². The minimum atomic E-state index is -3.77. The maximum absolute atomic E-state index is 12.8. The van der Waals surface area contributed by atoms with E-state index in [1.807, 2.05) is 6.92 Å². The summed E-state index contributed by atoms with van der Waals surface area (Å²) < 4.78 is 33.8. The monoisotopic (exact) mass is 384 g/mol. The molecule has 8 heteroatoms. The van der Waals surface area contributed by atoms with E-state index in [1.165, 1.54) is 31.4 Å². The summed E-state index contributed by atoms with van der Waals surface area (Å²) in [6.07, 6.45) is 4.81. The van der Waals surface area contributed by atoms with Crippen LogP contribution in [-0.2, 0) is 14.8 Å². The number of carbonyl (C=O) groups excluding carboxylic acids is 1. The number of nitrogens with one attached hydrogen (secondary N) is 2. The molecule has 4 atom stereocenters. The number of anilines is 1. The summed E-state index contributed by atoms with van der Waals surface area (Å²) in [5, 5.41) is 2.69. The van der Waals surface area contributed by atoms with Crippen molar-refractivity contribution in [1.29, 1.82) is 0 Å². The standard InChI is InChI=1S/C17H21ClN2O4S/c1-9(12-5-10-2-3-11(12)4-10)20-25(22,23)16-7-15-14(6-13(16)18)19-17(21)8-24-15/h6-7,9-12,20H,2-5,8H2,1H3,(H,19,21). The molecule has 2 saturated carbocycles. The first-order chi connectivity index (χ1) is 11.8. The van der Waals surface area contributed by atoms with E-state index in [4.69, 9.17) is 16.3 Å². The number of rotatable bonds is 4. The lowest BCUT2D eigenvalue weighted by molar-refractivity contribution is -0.118. The summed E-state index contributed by atoms with van der Waals surface area (Å²) in [6, 6.07) is 2.67. The van der Waals surface area contributed by atoms with E-state index < -0.39 is 10.0 Å². The maximum Gasteiger partial charge on any atom is 0.262 e. The molecule has 0 radical (unpaired) electrons. The van der Waals surface area contributed by atoms with Gasteiger partial charge in [-0.25, -0.2) is 13.1 Å². The quantitative estimate of drug-likeness (QED) is 0.835. The Balaban J connectivity index is 1.57. The van der Waals surface area contributed by atoms with Crippen LogP contribution >= 0.6 is 11.6 Å². The lowest BCUT2D eigenvalue weighted by atomic mass is 9.84. The first-order valence-corrected chi connectivity index (χ1v) is 10.5. The number of halogens is 1. The van der Waals surface area contributed by atoms with Gasteiger partial charge in [0.15, 0.2) is 6.61 Å². The van der Waals surface area contributed by atoms with E-state index >= 15 is 0 Å². The molecule has 0 aromatic heterocycles. The Labute approximate surface area is 152 Å². The third-order valence-corrected chi connectivity index (χ3v) is 7.76. The van der Waals surface area contributed by atoms with Gasteiger partial charge < -0.3 is 10.1 Å². The molecule has 0 saturated heterocycles. The van der Waals surface area contributed by atoms with Crippen molar-refractivity contribution in [2.24, 2.45) is 17.8 Å². The van der Waals surface area contributed by atoms with Crippen LogP contribution in [0.25, 0.3) is 0 Å². The number of hydrogen-bond donors (Lipinski definition) is 2. The van der Waals surface area contributed by atoms with E-state index in [0.717, 1.165) is 12.3 Å². The van der Waals surface area contributed by atoms with Crippen LogP contribution < -0.4 is 14.8 Å². The van der Waals surface area contributed by atoms with Crippen molar-refractivity contribution in [1.82, 2.24) is 4.72 Å². The lowest BCUT2D eigenvalue weighted by Crippen LogP contribution is -2.40. The second-order valence-corrected chi connectivity index (χ2v) is 9.45. The van der Waals surface area contributed by atoms with Gasteiger partial charge in [0.05, 0.1) is 10.7 Å². The number of carbonyl (C=O) groups is 1. The maximum atomic E-state index is 12.8. The molecule has 2 N–H and O–H groups in total. The van der Waals surface area contributed by atoms with Crippen LogP contribution in [0.3, 0.4) is 0 Å².